The molecule has 1 unspecified atom stereocenters. The van der Waals surface area contributed by atoms with Crippen LogP contribution in [0.15, 0.2) is 41.8 Å². The molecule has 8 heteroatoms. The molecule has 25 heavy (non-hydrogen) atoms. The number of amides is 3. The second-order valence-electron chi connectivity index (χ2n) is 5.60. The van der Waals surface area contributed by atoms with Gasteiger partial charge in [-0.3, -0.25) is 14.4 Å². The van der Waals surface area contributed by atoms with Gasteiger partial charge >= 0.3 is 11.8 Å². The van der Waals surface area contributed by atoms with Gasteiger partial charge in [-0.1, -0.05) is 6.07 Å². The van der Waals surface area contributed by atoms with Gasteiger partial charge in [0, 0.05) is 22.7 Å². The number of rotatable bonds is 6. The fourth-order valence-electron chi connectivity index (χ4n) is 2.19. The van der Waals surface area contributed by atoms with E-state index < -0.39 is 17.7 Å². The van der Waals surface area contributed by atoms with Crippen molar-refractivity contribution in [3.05, 3.63) is 52.2 Å². The van der Waals surface area contributed by atoms with Crippen LogP contribution in [0.5, 0.6) is 0 Å². The molecule has 0 aliphatic heterocycles. The molecule has 132 valence electrons. The van der Waals surface area contributed by atoms with Crippen LogP contribution in [0.1, 0.15) is 21.3 Å². The zero-order valence-electron chi connectivity index (χ0n) is 14.0. The number of nitrogens with zero attached hydrogens (tertiary/aromatic N) is 1. The number of nitrogens with two attached hydrogens (primary N) is 1. The summed E-state index contributed by atoms with van der Waals surface area (Å²) in [6.07, 6.45) is 0. The van der Waals surface area contributed by atoms with Crippen molar-refractivity contribution in [2.75, 3.05) is 26.0 Å². The number of carbonyl (C=O) groups excluding carboxylic acids is 3. The number of anilines is 1. The second kappa shape index (κ2) is 8.41. The van der Waals surface area contributed by atoms with Crippen molar-refractivity contribution in [1.82, 2.24) is 10.2 Å². The Morgan fingerprint density at radius 3 is 2.32 bits per heavy atom. The summed E-state index contributed by atoms with van der Waals surface area (Å²) in [5.74, 6) is -2.04. The molecule has 0 spiro atoms. The summed E-state index contributed by atoms with van der Waals surface area (Å²) in [4.78, 5) is 38.1. The Balaban J connectivity index is 1.91. The Kier molecular flexibility index (Phi) is 6.26. The Labute approximate surface area is 149 Å². The highest BCUT2D eigenvalue weighted by molar-refractivity contribution is 7.10. The highest BCUT2D eigenvalue weighted by atomic mass is 32.1. The lowest BCUT2D eigenvalue weighted by molar-refractivity contribution is -0.136. The fraction of sp³-hybridized carbons (Fsp3) is 0.235. The molecule has 7 nitrogen and oxygen atoms in total. The van der Waals surface area contributed by atoms with Crippen molar-refractivity contribution >= 4 is 34.7 Å². The lowest BCUT2D eigenvalue weighted by Crippen LogP contribution is -2.40. The number of nitrogens with one attached hydrogen (secondary N) is 2. The van der Waals surface area contributed by atoms with Crippen molar-refractivity contribution < 1.29 is 14.4 Å². The predicted molar refractivity (Wildman–Crippen MR) is 97.3 cm³/mol. The number of carbonyl (C=O) groups is 3. The minimum atomic E-state index is -0.768. The summed E-state index contributed by atoms with van der Waals surface area (Å²) in [5.41, 5.74) is 5.89. The Morgan fingerprint density at radius 1 is 1.12 bits per heavy atom. The number of hydrogen-bond acceptors (Lipinski definition) is 5. The molecular formula is C17H20N4O3S. The fourth-order valence-corrected chi connectivity index (χ4v) is 3.12. The van der Waals surface area contributed by atoms with Crippen molar-refractivity contribution in [2.24, 2.45) is 5.73 Å². The maximum absolute atomic E-state index is 12.0. The van der Waals surface area contributed by atoms with E-state index >= 15 is 0 Å². The average Bonchev–Trinajstić information content (AvgIpc) is 3.09. The van der Waals surface area contributed by atoms with Crippen LogP contribution < -0.4 is 16.4 Å². The van der Waals surface area contributed by atoms with Gasteiger partial charge in [0.25, 0.3) is 0 Å². The highest BCUT2D eigenvalue weighted by Crippen LogP contribution is 2.22. The molecule has 0 radical (unpaired) electrons. The van der Waals surface area contributed by atoms with Crippen LogP contribution in [0.4, 0.5) is 5.69 Å². The van der Waals surface area contributed by atoms with Gasteiger partial charge in [-0.05, 0) is 49.8 Å². The molecule has 0 aliphatic rings. The molecule has 0 saturated carbocycles. The SMILES string of the molecule is CN(C)C(CNC(=O)C(=O)Nc1ccc(C(N)=O)cc1)c1cccs1. The van der Waals surface area contributed by atoms with E-state index in [4.69, 9.17) is 5.73 Å². The maximum atomic E-state index is 12.0. The summed E-state index contributed by atoms with van der Waals surface area (Å²) in [7, 11) is 3.83. The summed E-state index contributed by atoms with van der Waals surface area (Å²) in [6.45, 7) is 0.320. The molecule has 0 fully saturated rings. The minimum absolute atomic E-state index is 0.00778. The number of hydrogen-bond donors (Lipinski definition) is 3. The molecule has 2 aromatic rings. The van der Waals surface area contributed by atoms with Crippen molar-refractivity contribution in [1.29, 1.82) is 0 Å². The van der Waals surface area contributed by atoms with Gasteiger partial charge in [0.05, 0.1) is 6.04 Å². The number of likely N-dealkylation sites (N-methyl/N-ethyl adjacent to an activating group) is 1. The highest BCUT2D eigenvalue weighted by Gasteiger charge is 2.19. The van der Waals surface area contributed by atoms with Crippen LogP contribution in [0.2, 0.25) is 0 Å². The van der Waals surface area contributed by atoms with E-state index in [0.29, 0.717) is 17.8 Å². The zero-order chi connectivity index (χ0) is 18.4. The van der Waals surface area contributed by atoms with E-state index in [9.17, 15) is 14.4 Å². The average molecular weight is 360 g/mol. The first kappa shape index (κ1) is 18.6. The first-order chi connectivity index (χ1) is 11.9. The molecule has 0 saturated heterocycles. The smallest absolute Gasteiger partial charge is 0.313 e. The molecule has 1 aromatic carbocycles. The number of benzene rings is 1. The van der Waals surface area contributed by atoms with E-state index in [1.807, 2.05) is 36.5 Å². The Morgan fingerprint density at radius 2 is 1.80 bits per heavy atom. The van der Waals surface area contributed by atoms with Crippen LogP contribution in [0.3, 0.4) is 0 Å². The van der Waals surface area contributed by atoms with Crippen LogP contribution >= 0.6 is 11.3 Å². The van der Waals surface area contributed by atoms with Gasteiger partial charge in [0.15, 0.2) is 0 Å². The van der Waals surface area contributed by atoms with Gasteiger partial charge in [-0.2, -0.15) is 0 Å². The molecule has 1 atom stereocenters. The molecular weight excluding hydrogens is 340 g/mol. The maximum Gasteiger partial charge on any atom is 0.313 e. The van der Waals surface area contributed by atoms with E-state index in [-0.39, 0.29) is 6.04 Å². The molecule has 2 rings (SSSR count). The van der Waals surface area contributed by atoms with Gasteiger partial charge < -0.3 is 21.3 Å². The van der Waals surface area contributed by atoms with Crippen molar-refractivity contribution in [2.45, 2.75) is 6.04 Å². The third-order valence-electron chi connectivity index (χ3n) is 3.58. The van der Waals surface area contributed by atoms with Crippen molar-refractivity contribution in [3.63, 3.8) is 0 Å². The molecule has 0 aliphatic carbocycles. The van der Waals surface area contributed by atoms with Crippen LogP contribution in [0, 0.1) is 0 Å². The van der Waals surface area contributed by atoms with Gasteiger partial charge in [-0.25, -0.2) is 0 Å². The van der Waals surface area contributed by atoms with Gasteiger partial charge in [0.2, 0.25) is 5.91 Å². The van der Waals surface area contributed by atoms with Crippen LogP contribution in [-0.2, 0) is 9.59 Å². The second-order valence-corrected chi connectivity index (χ2v) is 6.58. The van der Waals surface area contributed by atoms with Gasteiger partial charge in [-0.15, -0.1) is 11.3 Å². The van der Waals surface area contributed by atoms with E-state index in [0.717, 1.165) is 4.88 Å². The summed E-state index contributed by atoms with van der Waals surface area (Å²) < 4.78 is 0. The molecule has 3 amide bonds. The number of primary amides is 1. The van der Waals surface area contributed by atoms with Crippen LogP contribution in [-0.4, -0.2) is 43.3 Å². The summed E-state index contributed by atoms with van der Waals surface area (Å²) in [5, 5.41) is 7.09. The predicted octanol–water partition coefficient (Wildman–Crippen LogP) is 1.20. The quantitative estimate of drug-likeness (QED) is 0.673. The normalized spacial score (nSPS) is 11.8. The Bertz CT molecular complexity index is 742. The standard InChI is InChI=1S/C17H20N4O3S/c1-21(2)13(14-4-3-9-25-14)10-19-16(23)17(24)20-12-7-5-11(6-8-12)15(18)22/h3-9,13H,10H2,1-2H3,(H2,18,22)(H,19,23)(H,20,24). The molecule has 0 bridgehead atoms. The molecule has 1 heterocycles. The first-order valence-corrected chi connectivity index (χ1v) is 8.45. The summed E-state index contributed by atoms with van der Waals surface area (Å²) in [6, 6.07) is 9.91. The zero-order valence-corrected chi connectivity index (χ0v) is 14.8. The lowest BCUT2D eigenvalue weighted by Gasteiger charge is -2.23. The minimum Gasteiger partial charge on any atom is -0.366 e. The molecule has 4 N–H and O–H groups in total. The topological polar surface area (TPSA) is 105 Å². The Hall–Kier alpha value is -2.71. The van der Waals surface area contributed by atoms with Gasteiger partial charge in [0.1, 0.15) is 0 Å². The van der Waals surface area contributed by atoms with E-state index in [1.165, 1.54) is 24.3 Å². The molecule has 1 aromatic heterocycles. The lowest BCUT2D eigenvalue weighted by atomic mass is 10.2. The van der Waals surface area contributed by atoms with E-state index in [2.05, 4.69) is 10.6 Å². The van der Waals surface area contributed by atoms with E-state index in [1.54, 1.807) is 11.3 Å². The third kappa shape index (κ3) is 5.13. The summed E-state index contributed by atoms with van der Waals surface area (Å²) >= 11 is 1.59. The van der Waals surface area contributed by atoms with Crippen LogP contribution in [0.25, 0.3) is 0 Å². The third-order valence-corrected chi connectivity index (χ3v) is 4.56. The van der Waals surface area contributed by atoms with Crippen molar-refractivity contribution in [3.8, 4) is 0 Å². The first-order valence-electron chi connectivity index (χ1n) is 7.57. The monoisotopic (exact) mass is 360 g/mol. The number of thiophene rings is 1. The largest absolute Gasteiger partial charge is 0.366 e.